The smallest absolute Gasteiger partial charge is 0.298 e. The molecule has 0 fully saturated rings. The van der Waals surface area contributed by atoms with Crippen molar-refractivity contribution in [3.63, 3.8) is 0 Å². The fourth-order valence-electron chi connectivity index (χ4n) is 8.53. The molecule has 2 aliphatic rings. The summed E-state index contributed by atoms with van der Waals surface area (Å²) in [5.74, 6) is -1.17. The third-order valence-corrected chi connectivity index (χ3v) is 15.0. The molecule has 370 valence electrons. The second kappa shape index (κ2) is 18.2. The Bertz CT molecular complexity index is 4160. The van der Waals surface area contributed by atoms with Crippen molar-refractivity contribution in [3.8, 4) is 62.1 Å². The van der Waals surface area contributed by atoms with E-state index >= 15 is 0 Å². The average Bonchev–Trinajstić information content (AvgIpc) is 4.15. The number of ether oxygens (including phenoxy) is 4. The number of methoxy groups -OCH3 is 4. The highest BCUT2D eigenvalue weighted by Crippen LogP contribution is 2.50. The van der Waals surface area contributed by atoms with Crippen molar-refractivity contribution in [1.82, 2.24) is 19.5 Å². The molecule has 5 N–H and O–H groups in total. The maximum atomic E-state index is 13.2. The number of fused-ring (bicyclic) bond motifs is 8. The van der Waals surface area contributed by atoms with Gasteiger partial charge in [0.2, 0.25) is 0 Å². The van der Waals surface area contributed by atoms with Crippen molar-refractivity contribution in [2.75, 3.05) is 28.4 Å². The largest absolute Gasteiger partial charge is 0.495 e. The van der Waals surface area contributed by atoms with Crippen molar-refractivity contribution in [2.45, 2.75) is 19.6 Å². The molecule has 24 heteroatoms. The van der Waals surface area contributed by atoms with E-state index in [0.717, 1.165) is 31.4 Å². The number of hydrogen-bond acceptors (Lipinski definition) is 14. The Hall–Kier alpha value is -7.68. The maximum absolute atomic E-state index is 13.2. The van der Waals surface area contributed by atoms with Gasteiger partial charge in [0.25, 0.3) is 40.5 Å². The summed E-state index contributed by atoms with van der Waals surface area (Å²) < 4.78 is 171. The normalized spacial score (nSPS) is 12.8. The van der Waals surface area contributed by atoms with E-state index in [-0.39, 0.29) is 84.5 Å². The number of hydrogen-bond donors (Lipinski definition) is 5. The lowest BCUT2D eigenvalue weighted by Gasteiger charge is -2.16. The van der Waals surface area contributed by atoms with E-state index in [1.54, 1.807) is 42.5 Å². The molecule has 0 radical (unpaired) electrons. The van der Waals surface area contributed by atoms with Crippen LogP contribution in [0.2, 0.25) is 0 Å². The van der Waals surface area contributed by atoms with Gasteiger partial charge in [0.15, 0.2) is 0 Å². The van der Waals surface area contributed by atoms with Gasteiger partial charge >= 0.3 is 0 Å². The molecule has 0 unspecified atom stereocenters. The summed E-state index contributed by atoms with van der Waals surface area (Å²) in [6.07, 6.45) is 6.53. The fraction of sp³-hybridized carbons (Fsp3) is 0.0833. The molecule has 72 heavy (non-hydrogen) atoms. The van der Waals surface area contributed by atoms with E-state index in [9.17, 15) is 51.9 Å². The van der Waals surface area contributed by atoms with Crippen LogP contribution in [0.15, 0.2) is 123 Å². The Morgan fingerprint density at radius 3 is 1.28 bits per heavy atom. The van der Waals surface area contributed by atoms with E-state index in [1.165, 1.54) is 80.5 Å². The lowest BCUT2D eigenvalue weighted by molar-refractivity contribution is 0.397. The van der Waals surface area contributed by atoms with Crippen LogP contribution in [0.5, 0.6) is 23.0 Å². The second-order valence-corrected chi connectivity index (χ2v) is 21.4. The van der Waals surface area contributed by atoms with Crippen molar-refractivity contribution in [3.05, 3.63) is 126 Å². The summed E-state index contributed by atoms with van der Waals surface area (Å²) in [6.45, 7) is 0. The van der Waals surface area contributed by atoms with Gasteiger partial charge < -0.3 is 28.5 Å². The molecule has 9 rings (SSSR count). The van der Waals surface area contributed by atoms with Gasteiger partial charge in [-0.25, -0.2) is 9.97 Å². The molecule has 5 heterocycles. The Balaban J connectivity index is 1.70. The minimum atomic E-state index is -5.13. The Labute approximate surface area is 411 Å². The summed E-state index contributed by atoms with van der Waals surface area (Å²) in [6, 6.07) is 23.5. The Morgan fingerprint density at radius 2 is 0.819 bits per heavy atom. The number of nitrogens with one attached hydrogen (secondary N) is 1. The highest BCUT2D eigenvalue weighted by Gasteiger charge is 2.31. The van der Waals surface area contributed by atoms with Gasteiger partial charge in [-0.05, 0) is 126 Å². The van der Waals surface area contributed by atoms with Crippen molar-refractivity contribution >= 4 is 86.8 Å². The minimum Gasteiger partial charge on any atom is -0.495 e. The monoisotopic (exact) mass is 1050 g/mol. The second-order valence-electron chi connectivity index (χ2n) is 15.9. The molecule has 2 aliphatic heterocycles. The standard InChI is InChI=1S/C48H38N4O16S4/c1-65-37-15-5-26(19-41(37)69(53,54)55)45-35-14-12-32(51-35)23-31-9-8-29(49-31)22-30-10-11-33(50-30)24-36-46(27-6-16-38(66-2)42(20-27)70(56,57)58)47(28-7-17-39(67-3)43(21-28)71(59,60)61)48(45)52(36)34-13-18-40(68-4)44(25-34)72(62,63)64/h5-25,49H,1-4H3,(H,53,54,55)(H,56,57,58)(H,59,60,61)(H,62,63,64). The molecule has 7 aromatic rings. The van der Waals surface area contributed by atoms with Crippen LogP contribution in [0.3, 0.4) is 0 Å². The highest BCUT2D eigenvalue weighted by atomic mass is 32.2. The van der Waals surface area contributed by atoms with E-state index in [1.807, 2.05) is 6.07 Å². The number of aromatic amines is 1. The summed E-state index contributed by atoms with van der Waals surface area (Å²) in [7, 11) is -15.7. The fourth-order valence-corrected chi connectivity index (χ4v) is 11.2. The zero-order valence-electron chi connectivity index (χ0n) is 37.8. The SMILES string of the molecule is COc1ccc(-c2c(-c3ccc(OC)c(S(=O)(=O)O)c3)c3c(-c4ccc(OC)c(S(=O)(=O)O)c4)c4nc(cc5ccc(cc6nc(cc2n3-c2ccc(OC)c(S(=O)(=O)O)c2)C=C6)[nH]5)C=C4)cc1S(=O)(=O)O. The summed E-state index contributed by atoms with van der Waals surface area (Å²) in [5, 5.41) is 0. The van der Waals surface area contributed by atoms with Crippen LogP contribution >= 0.6 is 0 Å². The van der Waals surface area contributed by atoms with Crippen molar-refractivity contribution in [1.29, 1.82) is 0 Å². The van der Waals surface area contributed by atoms with Crippen LogP contribution in [-0.2, 0) is 40.5 Å². The molecular formula is C48H38N4O16S4. The summed E-state index contributed by atoms with van der Waals surface area (Å²) >= 11 is 0. The molecule has 8 bridgehead atoms. The summed E-state index contributed by atoms with van der Waals surface area (Å²) in [5.41, 5.74) is 2.03. The lowest BCUT2D eigenvalue weighted by atomic mass is 9.93. The molecule has 0 spiro atoms. The van der Waals surface area contributed by atoms with Crippen LogP contribution in [0.25, 0.3) is 85.4 Å². The molecule has 0 atom stereocenters. The van der Waals surface area contributed by atoms with Gasteiger partial charge in [-0.15, -0.1) is 0 Å². The van der Waals surface area contributed by atoms with Gasteiger partial charge in [0.1, 0.15) is 42.6 Å². The molecule has 0 saturated carbocycles. The van der Waals surface area contributed by atoms with Crippen LogP contribution in [0, 0.1) is 0 Å². The number of benzene rings is 4. The third kappa shape index (κ3) is 9.23. The highest BCUT2D eigenvalue weighted by molar-refractivity contribution is 7.86. The third-order valence-electron chi connectivity index (χ3n) is 11.5. The molecule has 0 saturated heterocycles. The quantitative estimate of drug-likeness (QED) is 0.0721. The van der Waals surface area contributed by atoms with E-state index in [2.05, 4.69) is 4.98 Å². The summed E-state index contributed by atoms with van der Waals surface area (Å²) in [4.78, 5) is 10.2. The number of H-pyrrole nitrogens is 1. The average molecular weight is 1060 g/mol. The maximum Gasteiger partial charge on any atom is 0.298 e. The first-order chi connectivity index (χ1) is 34.0. The van der Waals surface area contributed by atoms with Gasteiger partial charge in [-0.3, -0.25) is 18.2 Å². The molecule has 3 aromatic heterocycles. The number of nitrogens with zero attached hydrogens (tertiary/aromatic N) is 3. The zero-order chi connectivity index (χ0) is 51.7. The first-order valence-electron chi connectivity index (χ1n) is 20.8. The Kier molecular flexibility index (Phi) is 12.4. The number of aromatic nitrogens is 4. The lowest BCUT2D eigenvalue weighted by Crippen LogP contribution is -2.05. The predicted octanol–water partition coefficient (Wildman–Crippen LogP) is 8.14. The van der Waals surface area contributed by atoms with Crippen LogP contribution < -0.4 is 18.9 Å². The van der Waals surface area contributed by atoms with E-state index < -0.39 is 60.1 Å². The number of rotatable bonds is 12. The molecular weight excluding hydrogens is 1020 g/mol. The first kappa shape index (κ1) is 49.3. The van der Waals surface area contributed by atoms with E-state index in [4.69, 9.17) is 28.9 Å². The van der Waals surface area contributed by atoms with Crippen LogP contribution in [0.1, 0.15) is 22.8 Å². The Morgan fingerprint density at radius 1 is 0.431 bits per heavy atom. The first-order valence-corrected chi connectivity index (χ1v) is 26.6. The zero-order valence-corrected chi connectivity index (χ0v) is 41.1. The van der Waals surface area contributed by atoms with Gasteiger partial charge in [-0.2, -0.15) is 33.7 Å². The van der Waals surface area contributed by atoms with E-state index in [0.29, 0.717) is 22.4 Å². The van der Waals surface area contributed by atoms with Gasteiger partial charge in [0, 0.05) is 33.4 Å². The van der Waals surface area contributed by atoms with Crippen molar-refractivity contribution in [2.24, 2.45) is 0 Å². The van der Waals surface area contributed by atoms with Crippen LogP contribution in [-0.4, -0.2) is 99.8 Å². The minimum absolute atomic E-state index is 0.000906. The molecule has 0 aliphatic carbocycles. The molecule has 20 nitrogen and oxygen atoms in total. The molecule has 4 aromatic carbocycles. The predicted molar refractivity (Wildman–Crippen MR) is 266 cm³/mol. The topological polar surface area (TPSA) is 301 Å². The molecule has 0 amide bonds. The van der Waals surface area contributed by atoms with Gasteiger partial charge in [0.05, 0.1) is 62.2 Å². The van der Waals surface area contributed by atoms with Crippen LogP contribution in [0.4, 0.5) is 0 Å². The van der Waals surface area contributed by atoms with Gasteiger partial charge in [-0.1, -0.05) is 18.2 Å². The van der Waals surface area contributed by atoms with Crippen molar-refractivity contribution < 1.29 is 70.8 Å².